The van der Waals surface area contributed by atoms with E-state index in [1.165, 1.54) is 4.31 Å². The second-order valence-corrected chi connectivity index (χ2v) is 9.71. The van der Waals surface area contributed by atoms with Crippen molar-refractivity contribution < 1.29 is 13.2 Å². The molecule has 0 aliphatic carbocycles. The van der Waals surface area contributed by atoms with Crippen molar-refractivity contribution in [3.05, 3.63) is 64.7 Å². The van der Waals surface area contributed by atoms with Crippen LogP contribution >= 0.6 is 0 Å². The third-order valence-corrected chi connectivity index (χ3v) is 7.03. The molecule has 1 amide bonds. The van der Waals surface area contributed by atoms with Gasteiger partial charge in [-0.2, -0.15) is 0 Å². The van der Waals surface area contributed by atoms with E-state index < -0.39 is 10.0 Å². The average Bonchev–Trinajstić information content (AvgIpc) is 2.63. The maximum Gasteiger partial charge on any atom is 0.228 e. The fourth-order valence-corrected chi connectivity index (χ4v) is 5.47. The Balaban J connectivity index is 1.69. The number of amides is 1. The summed E-state index contributed by atoms with van der Waals surface area (Å²) >= 11 is 0. The van der Waals surface area contributed by atoms with Crippen molar-refractivity contribution in [3.8, 4) is 0 Å². The standard InChI is InChI=1S/C22H28N2O3S/c1-16-11-17(2)13-21(12-16)23-22(25)19-9-6-10-24(14-19)28(26,27)15-20-8-5-4-7-18(20)3/h4-5,7-8,11-13,19H,6,9-10,14-15H2,1-3H3,(H,23,25)/t19-/m1/s1. The van der Waals surface area contributed by atoms with Crippen LogP contribution in [0.15, 0.2) is 42.5 Å². The van der Waals surface area contributed by atoms with Crippen molar-refractivity contribution in [2.24, 2.45) is 5.92 Å². The molecule has 0 spiro atoms. The molecule has 0 saturated carbocycles. The Morgan fingerprint density at radius 2 is 1.79 bits per heavy atom. The summed E-state index contributed by atoms with van der Waals surface area (Å²) < 4.78 is 27.3. The van der Waals surface area contributed by atoms with Crippen LogP contribution in [-0.2, 0) is 20.6 Å². The summed E-state index contributed by atoms with van der Waals surface area (Å²) in [5.74, 6) is -0.465. The van der Waals surface area contributed by atoms with Gasteiger partial charge in [-0.3, -0.25) is 4.79 Å². The third kappa shape index (κ3) is 5.00. The van der Waals surface area contributed by atoms with Crippen LogP contribution in [-0.4, -0.2) is 31.7 Å². The second kappa shape index (κ2) is 8.45. The number of sulfonamides is 1. The Morgan fingerprint density at radius 3 is 2.46 bits per heavy atom. The van der Waals surface area contributed by atoms with Crippen molar-refractivity contribution in [1.82, 2.24) is 4.31 Å². The van der Waals surface area contributed by atoms with E-state index in [0.29, 0.717) is 19.4 Å². The molecule has 2 aromatic carbocycles. The van der Waals surface area contributed by atoms with E-state index in [9.17, 15) is 13.2 Å². The summed E-state index contributed by atoms with van der Waals surface area (Å²) in [5, 5.41) is 2.96. The smallest absolute Gasteiger partial charge is 0.228 e. The Kier molecular flexibility index (Phi) is 6.20. The minimum atomic E-state index is -3.46. The van der Waals surface area contributed by atoms with E-state index in [4.69, 9.17) is 0 Å². The van der Waals surface area contributed by atoms with Gasteiger partial charge in [-0.25, -0.2) is 12.7 Å². The highest BCUT2D eigenvalue weighted by Gasteiger charge is 2.32. The van der Waals surface area contributed by atoms with Crippen LogP contribution in [0.5, 0.6) is 0 Å². The Bertz CT molecular complexity index is 949. The number of aryl methyl sites for hydroxylation is 3. The number of nitrogens with zero attached hydrogens (tertiary/aromatic N) is 1. The summed E-state index contributed by atoms with van der Waals surface area (Å²) in [6.07, 6.45) is 1.39. The van der Waals surface area contributed by atoms with Gasteiger partial charge in [-0.05, 0) is 68.0 Å². The highest BCUT2D eigenvalue weighted by molar-refractivity contribution is 7.88. The van der Waals surface area contributed by atoms with Crippen molar-refractivity contribution in [2.75, 3.05) is 18.4 Å². The zero-order valence-electron chi connectivity index (χ0n) is 16.7. The molecule has 0 radical (unpaired) electrons. The van der Waals surface area contributed by atoms with Gasteiger partial charge in [0.2, 0.25) is 15.9 Å². The monoisotopic (exact) mass is 400 g/mol. The zero-order chi connectivity index (χ0) is 20.3. The number of anilines is 1. The number of hydrogen-bond acceptors (Lipinski definition) is 3. The lowest BCUT2D eigenvalue weighted by Gasteiger charge is -2.31. The molecule has 28 heavy (non-hydrogen) atoms. The fraction of sp³-hybridized carbons (Fsp3) is 0.409. The number of rotatable bonds is 5. The van der Waals surface area contributed by atoms with Gasteiger partial charge in [0.15, 0.2) is 0 Å². The van der Waals surface area contributed by atoms with Gasteiger partial charge in [0.25, 0.3) is 0 Å². The number of piperidine rings is 1. The molecule has 3 rings (SSSR count). The van der Waals surface area contributed by atoms with E-state index in [-0.39, 0.29) is 24.1 Å². The first-order valence-corrected chi connectivity index (χ1v) is 11.3. The van der Waals surface area contributed by atoms with Crippen LogP contribution in [0.25, 0.3) is 0 Å². The molecule has 1 fully saturated rings. The maximum absolute atomic E-state index is 12.9. The van der Waals surface area contributed by atoms with E-state index in [1.807, 2.05) is 57.2 Å². The van der Waals surface area contributed by atoms with Gasteiger partial charge in [-0.1, -0.05) is 30.3 Å². The molecule has 1 N–H and O–H groups in total. The number of benzene rings is 2. The molecule has 0 unspecified atom stereocenters. The topological polar surface area (TPSA) is 66.5 Å². The lowest BCUT2D eigenvalue weighted by Crippen LogP contribution is -2.44. The molecule has 0 bridgehead atoms. The molecule has 150 valence electrons. The van der Waals surface area contributed by atoms with Crippen molar-refractivity contribution in [3.63, 3.8) is 0 Å². The normalized spacial score (nSPS) is 18.0. The second-order valence-electron chi connectivity index (χ2n) is 7.75. The lowest BCUT2D eigenvalue weighted by molar-refractivity contribution is -0.120. The number of carbonyl (C=O) groups is 1. The Hall–Kier alpha value is -2.18. The Labute approximate surface area is 167 Å². The lowest BCUT2D eigenvalue weighted by atomic mass is 9.98. The summed E-state index contributed by atoms with van der Waals surface area (Å²) in [5.41, 5.74) is 4.71. The van der Waals surface area contributed by atoms with Crippen LogP contribution < -0.4 is 5.32 Å². The first-order chi connectivity index (χ1) is 13.2. The predicted octanol–water partition coefficient (Wildman–Crippen LogP) is 3.79. The van der Waals surface area contributed by atoms with Crippen molar-refractivity contribution in [1.29, 1.82) is 0 Å². The maximum atomic E-state index is 12.9. The molecule has 0 aromatic heterocycles. The quantitative estimate of drug-likeness (QED) is 0.830. The van der Waals surface area contributed by atoms with Gasteiger partial charge in [-0.15, -0.1) is 0 Å². The Morgan fingerprint density at radius 1 is 1.11 bits per heavy atom. The van der Waals surface area contributed by atoms with Gasteiger partial charge >= 0.3 is 0 Å². The summed E-state index contributed by atoms with van der Waals surface area (Å²) in [4.78, 5) is 12.7. The fourth-order valence-electron chi connectivity index (χ4n) is 3.76. The highest BCUT2D eigenvalue weighted by Crippen LogP contribution is 2.24. The third-order valence-electron chi connectivity index (χ3n) is 5.24. The minimum Gasteiger partial charge on any atom is -0.326 e. The van der Waals surface area contributed by atoms with E-state index in [0.717, 1.165) is 27.9 Å². The molecule has 2 aromatic rings. The van der Waals surface area contributed by atoms with Gasteiger partial charge in [0.05, 0.1) is 11.7 Å². The average molecular weight is 401 g/mol. The van der Waals surface area contributed by atoms with Gasteiger partial charge in [0, 0.05) is 18.8 Å². The minimum absolute atomic E-state index is 0.0227. The van der Waals surface area contributed by atoms with Crippen LogP contribution in [0, 0.1) is 26.7 Å². The van der Waals surface area contributed by atoms with Crippen LogP contribution in [0.1, 0.15) is 35.1 Å². The summed E-state index contributed by atoms with van der Waals surface area (Å²) in [6, 6.07) is 13.4. The van der Waals surface area contributed by atoms with Crippen LogP contribution in [0.3, 0.4) is 0 Å². The first-order valence-electron chi connectivity index (χ1n) is 9.66. The van der Waals surface area contributed by atoms with Crippen molar-refractivity contribution in [2.45, 2.75) is 39.4 Å². The van der Waals surface area contributed by atoms with Crippen molar-refractivity contribution >= 4 is 21.6 Å². The predicted molar refractivity (Wildman–Crippen MR) is 113 cm³/mol. The largest absolute Gasteiger partial charge is 0.326 e. The van der Waals surface area contributed by atoms with Crippen LogP contribution in [0.4, 0.5) is 5.69 Å². The molecule has 6 heteroatoms. The highest BCUT2D eigenvalue weighted by atomic mass is 32.2. The molecule has 1 heterocycles. The molecule has 1 saturated heterocycles. The van der Waals surface area contributed by atoms with E-state index in [2.05, 4.69) is 11.4 Å². The summed E-state index contributed by atoms with van der Waals surface area (Å²) in [6.45, 7) is 6.61. The number of hydrogen-bond donors (Lipinski definition) is 1. The SMILES string of the molecule is Cc1cc(C)cc(NC(=O)[C@@H]2CCCN(S(=O)(=O)Cc3ccccc3C)C2)c1. The molecule has 1 aliphatic rings. The molecular formula is C22H28N2O3S. The zero-order valence-corrected chi connectivity index (χ0v) is 17.6. The molecule has 5 nitrogen and oxygen atoms in total. The number of nitrogens with one attached hydrogen (secondary N) is 1. The van der Waals surface area contributed by atoms with Gasteiger partial charge < -0.3 is 5.32 Å². The first kappa shape index (κ1) is 20.6. The van der Waals surface area contributed by atoms with E-state index >= 15 is 0 Å². The van der Waals surface area contributed by atoms with Gasteiger partial charge in [0.1, 0.15) is 0 Å². The van der Waals surface area contributed by atoms with E-state index in [1.54, 1.807) is 0 Å². The summed E-state index contributed by atoms with van der Waals surface area (Å²) in [7, 11) is -3.46. The number of carbonyl (C=O) groups excluding carboxylic acids is 1. The van der Waals surface area contributed by atoms with Crippen LogP contribution in [0.2, 0.25) is 0 Å². The molecule has 1 aliphatic heterocycles. The molecule has 1 atom stereocenters. The molecular weight excluding hydrogens is 372 g/mol.